The molecule has 2 heterocycles. The Kier molecular flexibility index (Phi) is 3.81. The number of hydrogen-bond donors (Lipinski definition) is 0. The van der Waals surface area contributed by atoms with Crippen LogP contribution in [0.1, 0.15) is 41.5 Å². The molecule has 0 amide bonds. The third-order valence-corrected chi connectivity index (χ3v) is 4.03. The van der Waals surface area contributed by atoms with E-state index in [1.165, 1.54) is 39.3 Å². The van der Waals surface area contributed by atoms with E-state index in [0.717, 1.165) is 11.8 Å². The molecular formula is C16H32N2. The van der Waals surface area contributed by atoms with E-state index in [4.69, 9.17) is 0 Å². The topological polar surface area (TPSA) is 6.48 Å². The van der Waals surface area contributed by atoms with Crippen molar-refractivity contribution in [3.63, 3.8) is 0 Å². The Balaban J connectivity index is 1.81. The number of fused-ring (bicyclic) bond motifs is 1. The van der Waals surface area contributed by atoms with Gasteiger partial charge in [0.2, 0.25) is 0 Å². The van der Waals surface area contributed by atoms with Crippen LogP contribution in [0.5, 0.6) is 0 Å². The van der Waals surface area contributed by atoms with Crippen molar-refractivity contribution in [1.29, 1.82) is 0 Å². The van der Waals surface area contributed by atoms with E-state index in [0.29, 0.717) is 10.8 Å². The van der Waals surface area contributed by atoms with Crippen molar-refractivity contribution in [3.8, 4) is 0 Å². The predicted octanol–water partition coefficient (Wildman–Crippen LogP) is 2.94. The zero-order valence-corrected chi connectivity index (χ0v) is 13.3. The number of rotatable bonds is 2. The molecule has 0 aliphatic carbocycles. The summed E-state index contributed by atoms with van der Waals surface area (Å²) in [5.74, 6) is 1.88. The van der Waals surface area contributed by atoms with E-state index in [1.54, 1.807) is 0 Å². The SMILES string of the molecule is CC(C)(C)CN1CC2CN(CC(C)(C)C)CC2C1. The number of nitrogens with zero attached hydrogens (tertiary/aromatic N) is 2. The lowest BCUT2D eigenvalue weighted by Gasteiger charge is -2.30. The van der Waals surface area contributed by atoms with Crippen LogP contribution in [0.2, 0.25) is 0 Å². The van der Waals surface area contributed by atoms with Gasteiger partial charge in [-0.2, -0.15) is 0 Å². The van der Waals surface area contributed by atoms with Crippen LogP contribution in [-0.4, -0.2) is 49.1 Å². The van der Waals surface area contributed by atoms with Crippen LogP contribution in [0, 0.1) is 22.7 Å². The fraction of sp³-hybridized carbons (Fsp3) is 1.00. The van der Waals surface area contributed by atoms with E-state index >= 15 is 0 Å². The smallest absolute Gasteiger partial charge is 0.00303 e. The lowest BCUT2D eigenvalue weighted by atomic mass is 9.96. The molecule has 0 spiro atoms. The molecule has 2 fully saturated rings. The molecule has 2 heteroatoms. The van der Waals surface area contributed by atoms with E-state index in [9.17, 15) is 0 Å². The van der Waals surface area contributed by atoms with Crippen LogP contribution >= 0.6 is 0 Å². The Bertz CT molecular complexity index is 242. The predicted molar refractivity (Wildman–Crippen MR) is 78.8 cm³/mol. The Morgan fingerprint density at radius 3 is 1.17 bits per heavy atom. The van der Waals surface area contributed by atoms with Gasteiger partial charge in [-0.25, -0.2) is 0 Å². The van der Waals surface area contributed by atoms with E-state index in [-0.39, 0.29) is 0 Å². The zero-order chi connectivity index (χ0) is 13.6. The average molecular weight is 252 g/mol. The molecule has 0 N–H and O–H groups in total. The Labute approximate surface area is 114 Å². The fourth-order valence-corrected chi connectivity index (χ4v) is 3.79. The highest BCUT2D eigenvalue weighted by molar-refractivity contribution is 4.94. The van der Waals surface area contributed by atoms with Crippen LogP contribution < -0.4 is 0 Å². The highest BCUT2D eigenvalue weighted by Crippen LogP contribution is 2.34. The molecular weight excluding hydrogens is 220 g/mol. The van der Waals surface area contributed by atoms with Gasteiger partial charge in [-0.1, -0.05) is 41.5 Å². The second kappa shape index (κ2) is 4.79. The van der Waals surface area contributed by atoms with Crippen molar-refractivity contribution in [2.45, 2.75) is 41.5 Å². The molecule has 18 heavy (non-hydrogen) atoms. The number of likely N-dealkylation sites (tertiary alicyclic amines) is 2. The minimum Gasteiger partial charge on any atom is -0.302 e. The Hall–Kier alpha value is -0.0800. The van der Waals surface area contributed by atoms with E-state index < -0.39 is 0 Å². The maximum atomic E-state index is 2.70. The molecule has 0 bridgehead atoms. The molecule has 0 aromatic heterocycles. The van der Waals surface area contributed by atoms with Crippen LogP contribution in [-0.2, 0) is 0 Å². The van der Waals surface area contributed by atoms with E-state index in [1.807, 2.05) is 0 Å². The summed E-state index contributed by atoms with van der Waals surface area (Å²) < 4.78 is 0. The van der Waals surface area contributed by atoms with Crippen molar-refractivity contribution in [1.82, 2.24) is 9.80 Å². The Morgan fingerprint density at radius 2 is 0.944 bits per heavy atom. The molecule has 0 saturated carbocycles. The summed E-state index contributed by atoms with van der Waals surface area (Å²) in [5.41, 5.74) is 0.896. The van der Waals surface area contributed by atoms with Gasteiger partial charge in [0.25, 0.3) is 0 Å². The Morgan fingerprint density at radius 1 is 0.667 bits per heavy atom. The maximum absolute atomic E-state index is 2.70. The first-order valence-electron chi connectivity index (χ1n) is 7.57. The van der Waals surface area contributed by atoms with Crippen LogP contribution in [0.15, 0.2) is 0 Å². The van der Waals surface area contributed by atoms with Crippen LogP contribution in [0.3, 0.4) is 0 Å². The van der Waals surface area contributed by atoms with Crippen molar-refractivity contribution in [2.24, 2.45) is 22.7 Å². The van der Waals surface area contributed by atoms with Crippen molar-refractivity contribution in [2.75, 3.05) is 39.3 Å². The van der Waals surface area contributed by atoms with Gasteiger partial charge in [-0.05, 0) is 22.7 Å². The van der Waals surface area contributed by atoms with Gasteiger partial charge in [-0.15, -0.1) is 0 Å². The van der Waals surface area contributed by atoms with Gasteiger partial charge in [0.1, 0.15) is 0 Å². The fourth-order valence-electron chi connectivity index (χ4n) is 3.79. The van der Waals surface area contributed by atoms with E-state index in [2.05, 4.69) is 51.3 Å². The highest BCUT2D eigenvalue weighted by atomic mass is 15.2. The lowest BCUT2D eigenvalue weighted by Crippen LogP contribution is -2.36. The van der Waals surface area contributed by atoms with Gasteiger partial charge < -0.3 is 9.80 Å². The van der Waals surface area contributed by atoms with Gasteiger partial charge >= 0.3 is 0 Å². The summed E-state index contributed by atoms with van der Waals surface area (Å²) in [6.45, 7) is 22.0. The molecule has 2 rings (SSSR count). The van der Waals surface area contributed by atoms with Gasteiger partial charge in [0.05, 0.1) is 0 Å². The normalized spacial score (nSPS) is 31.0. The van der Waals surface area contributed by atoms with Gasteiger partial charge in [0, 0.05) is 39.3 Å². The molecule has 2 aliphatic heterocycles. The number of hydrogen-bond acceptors (Lipinski definition) is 2. The molecule has 2 saturated heterocycles. The standard InChI is InChI=1S/C16H32N2/c1-15(2,3)11-17-7-13-9-18(10-14(13)8-17)12-16(4,5)6/h13-14H,7-12H2,1-6H3. The van der Waals surface area contributed by atoms with Gasteiger partial charge in [-0.3, -0.25) is 0 Å². The quantitative estimate of drug-likeness (QED) is 0.745. The molecule has 0 unspecified atom stereocenters. The molecule has 0 radical (unpaired) electrons. The summed E-state index contributed by atoms with van der Waals surface area (Å²) >= 11 is 0. The third-order valence-electron chi connectivity index (χ3n) is 4.03. The first-order valence-corrected chi connectivity index (χ1v) is 7.57. The minimum atomic E-state index is 0.448. The van der Waals surface area contributed by atoms with Crippen molar-refractivity contribution >= 4 is 0 Å². The maximum Gasteiger partial charge on any atom is 0.00303 e. The average Bonchev–Trinajstić information content (AvgIpc) is 2.53. The second-order valence-electron chi connectivity index (χ2n) is 9.03. The van der Waals surface area contributed by atoms with Gasteiger partial charge in [0.15, 0.2) is 0 Å². The van der Waals surface area contributed by atoms with Crippen LogP contribution in [0.4, 0.5) is 0 Å². The lowest BCUT2D eigenvalue weighted by molar-refractivity contribution is 0.176. The summed E-state index contributed by atoms with van der Waals surface area (Å²) in [6.07, 6.45) is 0. The largest absolute Gasteiger partial charge is 0.302 e. The van der Waals surface area contributed by atoms with Crippen molar-refractivity contribution in [3.05, 3.63) is 0 Å². The monoisotopic (exact) mass is 252 g/mol. The molecule has 2 nitrogen and oxygen atoms in total. The molecule has 2 aliphatic rings. The molecule has 106 valence electrons. The highest BCUT2D eigenvalue weighted by Gasteiger charge is 2.41. The van der Waals surface area contributed by atoms with Crippen LogP contribution in [0.25, 0.3) is 0 Å². The first-order chi connectivity index (χ1) is 8.12. The molecule has 0 atom stereocenters. The van der Waals surface area contributed by atoms with Crippen molar-refractivity contribution < 1.29 is 0 Å². The summed E-state index contributed by atoms with van der Waals surface area (Å²) in [6, 6.07) is 0. The minimum absolute atomic E-state index is 0.448. The third kappa shape index (κ3) is 3.96. The zero-order valence-electron chi connectivity index (χ0n) is 13.3. The molecule has 0 aromatic rings. The first kappa shape index (κ1) is 14.3. The second-order valence-corrected chi connectivity index (χ2v) is 9.03. The summed E-state index contributed by atoms with van der Waals surface area (Å²) in [4.78, 5) is 5.40. The summed E-state index contributed by atoms with van der Waals surface area (Å²) in [7, 11) is 0. The molecule has 0 aromatic carbocycles. The summed E-state index contributed by atoms with van der Waals surface area (Å²) in [5, 5.41) is 0.